The van der Waals surface area contributed by atoms with Crippen LogP contribution in [0.3, 0.4) is 0 Å². The summed E-state index contributed by atoms with van der Waals surface area (Å²) >= 11 is 1.48. The van der Waals surface area contributed by atoms with Gasteiger partial charge in [-0.05, 0) is 36.1 Å². The molecule has 0 fully saturated rings. The number of thiophene rings is 1. The highest BCUT2D eigenvalue weighted by molar-refractivity contribution is 7.08. The van der Waals surface area contributed by atoms with Crippen molar-refractivity contribution in [3.05, 3.63) is 46.2 Å². The molecule has 1 aliphatic heterocycles. The molecule has 0 bridgehead atoms. The number of carbonyl (C=O) groups is 2. The number of benzene rings is 1. The fourth-order valence-corrected chi connectivity index (χ4v) is 2.76. The van der Waals surface area contributed by atoms with Gasteiger partial charge in [0.25, 0.3) is 11.8 Å². The molecular weight excluding hydrogens is 288 g/mol. The second-order valence-electron chi connectivity index (χ2n) is 4.80. The van der Waals surface area contributed by atoms with Crippen LogP contribution in [0.1, 0.15) is 28.9 Å². The van der Waals surface area contributed by atoms with E-state index in [1.54, 1.807) is 12.1 Å². The summed E-state index contributed by atoms with van der Waals surface area (Å²) < 4.78 is 5.31. The van der Waals surface area contributed by atoms with Gasteiger partial charge in [0.15, 0.2) is 6.61 Å². The van der Waals surface area contributed by atoms with E-state index in [-0.39, 0.29) is 24.5 Å². The zero-order valence-corrected chi connectivity index (χ0v) is 12.2. The van der Waals surface area contributed by atoms with Crippen molar-refractivity contribution in [3.8, 4) is 5.75 Å². The van der Waals surface area contributed by atoms with E-state index < -0.39 is 0 Å². The van der Waals surface area contributed by atoms with E-state index in [2.05, 4.69) is 10.6 Å². The van der Waals surface area contributed by atoms with E-state index in [0.29, 0.717) is 17.0 Å². The Kier molecular flexibility index (Phi) is 3.62. The Morgan fingerprint density at radius 2 is 2.29 bits per heavy atom. The number of hydrogen-bond donors (Lipinski definition) is 2. The number of rotatable bonds is 3. The van der Waals surface area contributed by atoms with E-state index in [9.17, 15) is 9.59 Å². The van der Waals surface area contributed by atoms with Crippen LogP contribution >= 0.6 is 11.3 Å². The van der Waals surface area contributed by atoms with Crippen LogP contribution in [0.4, 0.5) is 5.69 Å². The highest BCUT2D eigenvalue weighted by atomic mass is 32.1. The summed E-state index contributed by atoms with van der Waals surface area (Å²) in [6.07, 6.45) is 0. The molecule has 0 saturated heterocycles. The fraction of sp³-hybridized carbons (Fsp3) is 0.200. The third kappa shape index (κ3) is 2.90. The maximum atomic E-state index is 12.0. The van der Waals surface area contributed by atoms with Crippen molar-refractivity contribution >= 4 is 28.8 Å². The lowest BCUT2D eigenvalue weighted by atomic mass is 10.1. The van der Waals surface area contributed by atoms with Crippen molar-refractivity contribution < 1.29 is 14.3 Å². The van der Waals surface area contributed by atoms with E-state index in [4.69, 9.17) is 4.74 Å². The number of ether oxygens (including phenoxy) is 1. The van der Waals surface area contributed by atoms with Gasteiger partial charge in [-0.15, -0.1) is 0 Å². The van der Waals surface area contributed by atoms with Crippen molar-refractivity contribution in [1.82, 2.24) is 5.32 Å². The van der Waals surface area contributed by atoms with Gasteiger partial charge in [0.2, 0.25) is 0 Å². The quantitative estimate of drug-likeness (QED) is 0.915. The van der Waals surface area contributed by atoms with Crippen LogP contribution in [-0.4, -0.2) is 18.4 Å². The molecule has 3 rings (SSSR count). The van der Waals surface area contributed by atoms with Crippen molar-refractivity contribution in [3.63, 3.8) is 0 Å². The van der Waals surface area contributed by atoms with Crippen LogP contribution in [-0.2, 0) is 4.79 Å². The van der Waals surface area contributed by atoms with Crippen molar-refractivity contribution in [2.75, 3.05) is 11.9 Å². The molecule has 108 valence electrons. The second-order valence-corrected chi connectivity index (χ2v) is 5.58. The first-order valence-electron chi connectivity index (χ1n) is 6.53. The molecule has 6 heteroatoms. The minimum atomic E-state index is -0.172. The van der Waals surface area contributed by atoms with Gasteiger partial charge in [-0.25, -0.2) is 0 Å². The van der Waals surface area contributed by atoms with Crippen LogP contribution in [0.15, 0.2) is 35.0 Å². The van der Waals surface area contributed by atoms with Gasteiger partial charge in [0, 0.05) is 5.38 Å². The molecule has 2 N–H and O–H groups in total. The van der Waals surface area contributed by atoms with Gasteiger partial charge in [-0.1, -0.05) is 6.07 Å². The summed E-state index contributed by atoms with van der Waals surface area (Å²) in [5.41, 5.74) is 2.20. The van der Waals surface area contributed by atoms with Crippen molar-refractivity contribution in [2.45, 2.75) is 13.0 Å². The first-order chi connectivity index (χ1) is 10.1. The lowest BCUT2D eigenvalue weighted by molar-refractivity contribution is -0.118. The first-order valence-corrected chi connectivity index (χ1v) is 7.47. The monoisotopic (exact) mass is 302 g/mol. The van der Waals surface area contributed by atoms with Gasteiger partial charge in [-0.2, -0.15) is 11.3 Å². The van der Waals surface area contributed by atoms with E-state index >= 15 is 0 Å². The minimum absolute atomic E-state index is 0.0385. The maximum Gasteiger partial charge on any atom is 0.262 e. The van der Waals surface area contributed by atoms with Crippen LogP contribution in [0.5, 0.6) is 5.75 Å². The Labute approximate surface area is 125 Å². The summed E-state index contributed by atoms with van der Waals surface area (Å²) in [5.74, 6) is 0.367. The first kappa shape index (κ1) is 13.6. The zero-order chi connectivity index (χ0) is 14.8. The molecule has 0 aliphatic carbocycles. The molecular formula is C15H14N2O3S. The normalized spacial score (nSPS) is 14.6. The number of nitrogens with one attached hydrogen (secondary N) is 2. The lowest BCUT2D eigenvalue weighted by Crippen LogP contribution is -2.27. The van der Waals surface area contributed by atoms with Crippen LogP contribution in [0.25, 0.3) is 0 Å². The molecule has 0 spiro atoms. The smallest absolute Gasteiger partial charge is 0.262 e. The number of carbonyl (C=O) groups excluding carboxylic acids is 2. The molecule has 2 aromatic rings. The third-order valence-electron chi connectivity index (χ3n) is 3.27. The molecule has 21 heavy (non-hydrogen) atoms. The largest absolute Gasteiger partial charge is 0.482 e. The van der Waals surface area contributed by atoms with Gasteiger partial charge >= 0.3 is 0 Å². The standard InChI is InChI=1S/C15H14N2O3S/c1-9(16-15(19)11-4-5-21-8-11)10-2-3-13-12(6-10)17-14(18)7-20-13/h2-6,8-9H,7H2,1H3,(H,16,19)(H,17,18)/t9-/m1/s1. The Morgan fingerprint density at radius 3 is 3.05 bits per heavy atom. The van der Waals surface area contributed by atoms with Gasteiger partial charge < -0.3 is 15.4 Å². The number of hydrogen-bond acceptors (Lipinski definition) is 4. The predicted molar refractivity (Wildman–Crippen MR) is 80.8 cm³/mol. The molecule has 0 radical (unpaired) electrons. The average molecular weight is 302 g/mol. The maximum absolute atomic E-state index is 12.0. The van der Waals surface area contributed by atoms with E-state index in [1.165, 1.54) is 11.3 Å². The van der Waals surface area contributed by atoms with Gasteiger partial charge in [0.05, 0.1) is 17.3 Å². The molecule has 5 nitrogen and oxygen atoms in total. The van der Waals surface area contributed by atoms with Crippen LogP contribution in [0.2, 0.25) is 0 Å². The minimum Gasteiger partial charge on any atom is -0.482 e. The van der Waals surface area contributed by atoms with E-state index in [0.717, 1.165) is 5.56 Å². The summed E-state index contributed by atoms with van der Waals surface area (Å²) in [6.45, 7) is 1.94. The Bertz CT molecular complexity index is 682. The summed E-state index contributed by atoms with van der Waals surface area (Å²) in [7, 11) is 0. The number of anilines is 1. The molecule has 0 unspecified atom stereocenters. The highest BCUT2D eigenvalue weighted by Gasteiger charge is 2.18. The van der Waals surface area contributed by atoms with Crippen LogP contribution < -0.4 is 15.4 Å². The van der Waals surface area contributed by atoms with Crippen LogP contribution in [0, 0.1) is 0 Å². The van der Waals surface area contributed by atoms with Gasteiger partial charge in [-0.3, -0.25) is 9.59 Å². The Morgan fingerprint density at radius 1 is 1.43 bits per heavy atom. The Balaban J connectivity index is 1.76. The SMILES string of the molecule is C[C@@H](NC(=O)c1ccsc1)c1ccc2c(c1)NC(=O)CO2. The summed E-state index contributed by atoms with van der Waals surface area (Å²) in [6, 6.07) is 7.13. The predicted octanol–water partition coefficient (Wildman–Crippen LogP) is 2.57. The average Bonchev–Trinajstić information content (AvgIpc) is 3.00. The molecule has 1 aromatic carbocycles. The summed E-state index contributed by atoms with van der Waals surface area (Å²) in [5, 5.41) is 9.37. The molecule has 1 aliphatic rings. The Hall–Kier alpha value is -2.34. The number of amides is 2. The second kappa shape index (κ2) is 5.57. The van der Waals surface area contributed by atoms with E-state index in [1.807, 2.05) is 29.8 Å². The molecule has 0 saturated carbocycles. The molecule has 1 aromatic heterocycles. The van der Waals surface area contributed by atoms with Crippen molar-refractivity contribution in [1.29, 1.82) is 0 Å². The van der Waals surface area contributed by atoms with Gasteiger partial charge in [0.1, 0.15) is 5.75 Å². The molecule has 2 heterocycles. The zero-order valence-electron chi connectivity index (χ0n) is 11.4. The molecule has 1 atom stereocenters. The molecule has 2 amide bonds. The fourth-order valence-electron chi connectivity index (χ4n) is 2.13. The lowest BCUT2D eigenvalue weighted by Gasteiger charge is -2.20. The number of fused-ring (bicyclic) bond motifs is 1. The van der Waals surface area contributed by atoms with Crippen molar-refractivity contribution in [2.24, 2.45) is 0 Å². The highest BCUT2D eigenvalue weighted by Crippen LogP contribution is 2.30. The topological polar surface area (TPSA) is 67.4 Å². The summed E-state index contributed by atoms with van der Waals surface area (Å²) in [4.78, 5) is 23.4. The third-order valence-corrected chi connectivity index (χ3v) is 3.95.